The van der Waals surface area contributed by atoms with Crippen molar-refractivity contribution in [1.82, 2.24) is 14.9 Å². The molecule has 0 unspecified atom stereocenters. The minimum atomic E-state index is -0.497. The number of halogens is 1. The van der Waals surface area contributed by atoms with Gasteiger partial charge in [0.1, 0.15) is 12.3 Å². The van der Waals surface area contributed by atoms with Crippen molar-refractivity contribution in [3.63, 3.8) is 0 Å². The van der Waals surface area contributed by atoms with E-state index >= 15 is 0 Å². The molecule has 39 heavy (non-hydrogen) atoms. The molecule has 0 aliphatic heterocycles. The highest BCUT2D eigenvalue weighted by molar-refractivity contribution is 6.30. The lowest BCUT2D eigenvalue weighted by Gasteiger charge is -2.14. The van der Waals surface area contributed by atoms with E-state index in [-0.39, 0.29) is 43.6 Å². The Morgan fingerprint density at radius 1 is 1.18 bits per heavy atom. The third-order valence-corrected chi connectivity index (χ3v) is 5.49. The average molecular weight is 555 g/mol. The first kappa shape index (κ1) is 31.1. The van der Waals surface area contributed by atoms with Crippen LogP contribution in [0.25, 0.3) is 0 Å². The predicted molar refractivity (Wildman–Crippen MR) is 153 cm³/mol. The Kier molecular flexibility index (Phi) is 13.3. The Morgan fingerprint density at radius 3 is 2.59 bits per heavy atom. The Balaban J connectivity index is 0.00000170. The lowest BCUT2D eigenvalue weighted by atomic mass is 10.1. The summed E-state index contributed by atoms with van der Waals surface area (Å²) in [4.78, 5) is 41.4. The Morgan fingerprint density at radius 2 is 1.90 bits per heavy atom. The van der Waals surface area contributed by atoms with Gasteiger partial charge < -0.3 is 20.1 Å². The number of aromatic nitrogens is 2. The molecule has 0 spiro atoms. The third kappa shape index (κ3) is 10.6. The molecule has 0 fully saturated rings. The van der Waals surface area contributed by atoms with Gasteiger partial charge in [0.05, 0.1) is 6.61 Å². The second-order valence-electron chi connectivity index (χ2n) is 8.33. The summed E-state index contributed by atoms with van der Waals surface area (Å²) >= 11 is 6.09. The molecule has 1 aromatic heterocycles. The first-order chi connectivity index (χ1) is 18.8. The van der Waals surface area contributed by atoms with Crippen molar-refractivity contribution in [2.24, 2.45) is 0 Å². The van der Waals surface area contributed by atoms with Crippen LogP contribution >= 0.6 is 11.6 Å². The highest BCUT2D eigenvalue weighted by Gasteiger charge is 2.13. The summed E-state index contributed by atoms with van der Waals surface area (Å²) in [5.41, 5.74) is 1.91. The van der Waals surface area contributed by atoms with Crippen LogP contribution in [0.1, 0.15) is 30.7 Å². The van der Waals surface area contributed by atoms with E-state index < -0.39 is 5.97 Å². The molecule has 0 radical (unpaired) electrons. The number of carbonyl (C=O) groups excluding carboxylic acids is 2. The topological polar surface area (TPSA) is 112 Å². The maximum absolute atomic E-state index is 12.9. The summed E-state index contributed by atoms with van der Waals surface area (Å²) in [7, 11) is 0. The number of allylic oxidation sites excluding steroid dienone is 1. The van der Waals surface area contributed by atoms with Crippen LogP contribution in [0.3, 0.4) is 0 Å². The highest BCUT2D eigenvalue weighted by Crippen LogP contribution is 2.23. The molecule has 2 aromatic carbocycles. The van der Waals surface area contributed by atoms with Crippen molar-refractivity contribution >= 4 is 29.3 Å². The Labute approximate surface area is 233 Å². The molecular formula is C29H35ClN4O5. The molecule has 3 rings (SSSR count). The van der Waals surface area contributed by atoms with Crippen molar-refractivity contribution in [2.75, 3.05) is 25.1 Å². The van der Waals surface area contributed by atoms with E-state index in [4.69, 9.17) is 21.1 Å². The zero-order chi connectivity index (χ0) is 28.6. The fourth-order valence-electron chi connectivity index (χ4n) is 3.42. The van der Waals surface area contributed by atoms with Gasteiger partial charge in [-0.2, -0.15) is 0 Å². The van der Waals surface area contributed by atoms with E-state index in [2.05, 4.69) is 22.2 Å². The molecule has 0 aliphatic rings. The number of aryl methyl sites for hydroxylation is 1. The molecule has 0 bridgehead atoms. The zero-order valence-electron chi connectivity index (χ0n) is 22.5. The maximum atomic E-state index is 12.9. The van der Waals surface area contributed by atoms with Gasteiger partial charge >= 0.3 is 5.97 Å². The number of hydrogen-bond donors (Lipinski definition) is 2. The fraction of sp³-hybridized carbons (Fsp3) is 0.310. The number of rotatable bonds is 12. The smallest absolute Gasteiger partial charge is 0.344 e. The molecular weight excluding hydrogens is 520 g/mol. The summed E-state index contributed by atoms with van der Waals surface area (Å²) < 4.78 is 11.8. The number of anilines is 1. The largest absolute Gasteiger partial charge is 0.482 e. The highest BCUT2D eigenvalue weighted by atomic mass is 35.5. The van der Waals surface area contributed by atoms with Crippen LogP contribution in [-0.2, 0) is 33.8 Å². The number of carbonyl (C=O) groups is 2. The number of ether oxygens (including phenoxy) is 2. The minimum Gasteiger partial charge on any atom is -0.482 e. The lowest BCUT2D eigenvalue weighted by molar-refractivity contribution is -0.145. The summed E-state index contributed by atoms with van der Waals surface area (Å²) in [6.07, 6.45) is 4.04. The van der Waals surface area contributed by atoms with Gasteiger partial charge in [-0.15, -0.1) is 6.58 Å². The first-order valence-corrected chi connectivity index (χ1v) is 12.9. The van der Waals surface area contributed by atoms with Gasteiger partial charge in [0.25, 0.3) is 5.56 Å². The molecule has 0 aliphatic carbocycles. The number of hydrogen-bond acceptors (Lipinski definition) is 7. The van der Waals surface area contributed by atoms with Gasteiger partial charge in [-0.05, 0) is 51.0 Å². The van der Waals surface area contributed by atoms with Gasteiger partial charge in [0, 0.05) is 35.6 Å². The number of benzene rings is 2. The molecule has 0 saturated heterocycles. The lowest BCUT2D eigenvalue weighted by Crippen LogP contribution is -2.34. The standard InChI is InChI=1S/C26H29ClN4O5.C3H6/c1-3-35-24(33)17-36-22-10-9-21(27)13-20(22)15-29-23(32)16-31-18(2)14-30-25(26(31)34)28-12-11-19-7-5-4-6-8-19;1-3-2/h4-10,13-14H,3,11-12,15-17H2,1-2H3,(H,28,30)(H,29,32);3H,1H2,2H3. The van der Waals surface area contributed by atoms with Crippen LogP contribution in [0.4, 0.5) is 5.82 Å². The fourth-order valence-corrected chi connectivity index (χ4v) is 3.61. The molecule has 0 saturated carbocycles. The van der Waals surface area contributed by atoms with Crippen LogP contribution in [0.15, 0.2) is 72.2 Å². The van der Waals surface area contributed by atoms with E-state index in [9.17, 15) is 14.4 Å². The maximum Gasteiger partial charge on any atom is 0.344 e. The number of esters is 1. The number of amides is 1. The molecule has 3 aromatic rings. The summed E-state index contributed by atoms with van der Waals surface area (Å²) in [6.45, 7) is 9.12. The molecule has 208 valence electrons. The molecule has 10 heteroatoms. The second-order valence-corrected chi connectivity index (χ2v) is 8.77. The van der Waals surface area contributed by atoms with Gasteiger partial charge in [0.2, 0.25) is 5.91 Å². The van der Waals surface area contributed by atoms with Gasteiger partial charge in [-0.1, -0.05) is 48.0 Å². The van der Waals surface area contributed by atoms with E-state index in [0.29, 0.717) is 28.6 Å². The number of nitrogens with zero attached hydrogens (tertiary/aromatic N) is 2. The molecule has 0 atom stereocenters. The summed E-state index contributed by atoms with van der Waals surface area (Å²) in [5.74, 6) is -0.287. The van der Waals surface area contributed by atoms with Crippen LogP contribution < -0.4 is 20.9 Å². The molecule has 1 heterocycles. The van der Waals surface area contributed by atoms with E-state index in [0.717, 1.165) is 12.0 Å². The SMILES string of the molecule is C=CC.CCOC(=O)COc1ccc(Cl)cc1CNC(=O)Cn1c(C)cnc(NCCc2ccccc2)c1=O. The van der Waals surface area contributed by atoms with Crippen LogP contribution in [0.5, 0.6) is 5.75 Å². The Hall–Kier alpha value is -4.11. The van der Waals surface area contributed by atoms with E-state index in [1.54, 1.807) is 44.3 Å². The summed E-state index contributed by atoms with van der Waals surface area (Å²) in [6, 6.07) is 14.8. The monoisotopic (exact) mass is 554 g/mol. The normalized spacial score (nSPS) is 10.1. The van der Waals surface area contributed by atoms with Crippen LogP contribution in [0.2, 0.25) is 5.02 Å². The first-order valence-electron chi connectivity index (χ1n) is 12.5. The molecule has 1 amide bonds. The van der Waals surface area contributed by atoms with E-state index in [1.807, 2.05) is 37.3 Å². The van der Waals surface area contributed by atoms with E-state index in [1.165, 1.54) is 4.57 Å². The molecule has 9 nitrogen and oxygen atoms in total. The quantitative estimate of drug-likeness (QED) is 0.253. The van der Waals surface area contributed by atoms with Crippen molar-refractivity contribution in [1.29, 1.82) is 0 Å². The van der Waals surface area contributed by atoms with Gasteiger partial charge in [0.15, 0.2) is 12.4 Å². The Bertz CT molecular complexity index is 1290. The van der Waals surface area contributed by atoms with Crippen LogP contribution in [0, 0.1) is 6.92 Å². The third-order valence-electron chi connectivity index (χ3n) is 5.25. The average Bonchev–Trinajstić information content (AvgIpc) is 2.92. The second kappa shape index (κ2) is 16.7. The van der Waals surface area contributed by atoms with Crippen LogP contribution in [-0.4, -0.2) is 41.2 Å². The minimum absolute atomic E-state index is 0.0958. The summed E-state index contributed by atoms with van der Waals surface area (Å²) in [5, 5.41) is 6.29. The zero-order valence-corrected chi connectivity index (χ0v) is 23.3. The van der Waals surface area contributed by atoms with Gasteiger partial charge in [-0.25, -0.2) is 9.78 Å². The van der Waals surface area contributed by atoms with Crippen molar-refractivity contribution in [3.05, 3.63) is 99.6 Å². The van der Waals surface area contributed by atoms with Crippen molar-refractivity contribution in [2.45, 2.75) is 40.3 Å². The number of nitrogens with one attached hydrogen (secondary N) is 2. The van der Waals surface area contributed by atoms with Crippen molar-refractivity contribution in [3.8, 4) is 5.75 Å². The van der Waals surface area contributed by atoms with Gasteiger partial charge in [-0.3, -0.25) is 14.2 Å². The predicted octanol–water partition coefficient (Wildman–Crippen LogP) is 4.31. The van der Waals surface area contributed by atoms with Crippen molar-refractivity contribution < 1.29 is 19.1 Å². The molecule has 2 N–H and O–H groups in total.